The van der Waals surface area contributed by atoms with Crippen molar-refractivity contribution >= 4 is 27.2 Å². The van der Waals surface area contributed by atoms with Gasteiger partial charge in [-0.2, -0.15) is 21.6 Å². The topological polar surface area (TPSA) is 112 Å². The van der Waals surface area contributed by atoms with Gasteiger partial charge in [-0.15, -0.1) is 0 Å². The molecular weight excluding hydrogens is 447 g/mol. The van der Waals surface area contributed by atoms with Crippen molar-refractivity contribution in [2.75, 3.05) is 11.9 Å². The Morgan fingerprint density at radius 3 is 2.59 bits per heavy atom. The number of nitrogens with zero attached hydrogens (tertiary/aromatic N) is 3. The fourth-order valence-corrected chi connectivity index (χ4v) is 4.43. The van der Waals surface area contributed by atoms with Gasteiger partial charge < -0.3 is 9.88 Å². The first-order valence-electron chi connectivity index (χ1n) is 9.99. The van der Waals surface area contributed by atoms with Gasteiger partial charge in [0.05, 0.1) is 17.6 Å². The normalized spacial score (nSPS) is 19.5. The summed E-state index contributed by atoms with van der Waals surface area (Å²) in [5, 5.41) is 8.86. The summed E-state index contributed by atoms with van der Waals surface area (Å²) >= 11 is 0. The molecule has 12 heteroatoms. The number of nitrogens with two attached hydrogens (primary N) is 1. The second kappa shape index (κ2) is 8.68. The minimum absolute atomic E-state index is 0.0590. The molecule has 4 rings (SSSR count). The Morgan fingerprint density at radius 1 is 1.16 bits per heavy atom. The lowest BCUT2D eigenvalue weighted by Crippen LogP contribution is -2.19. The van der Waals surface area contributed by atoms with Crippen molar-refractivity contribution in [2.45, 2.75) is 38.0 Å². The van der Waals surface area contributed by atoms with Gasteiger partial charge in [-0.25, -0.2) is 15.1 Å². The lowest BCUT2D eigenvalue weighted by Gasteiger charge is -2.14. The third-order valence-electron chi connectivity index (χ3n) is 5.63. The van der Waals surface area contributed by atoms with Crippen molar-refractivity contribution in [2.24, 2.45) is 11.1 Å². The molecule has 0 radical (unpaired) electrons. The van der Waals surface area contributed by atoms with E-state index in [4.69, 9.17) is 9.32 Å². The van der Waals surface area contributed by atoms with E-state index in [2.05, 4.69) is 15.3 Å². The van der Waals surface area contributed by atoms with Crippen LogP contribution in [-0.2, 0) is 27.2 Å². The predicted molar refractivity (Wildman–Crippen MR) is 112 cm³/mol. The van der Waals surface area contributed by atoms with Crippen molar-refractivity contribution in [3.05, 3.63) is 54.0 Å². The van der Waals surface area contributed by atoms with Gasteiger partial charge in [0, 0.05) is 18.8 Å². The molecule has 0 unspecified atom stereocenters. The van der Waals surface area contributed by atoms with Crippen LogP contribution in [-0.4, -0.2) is 29.6 Å². The number of halogens is 3. The minimum Gasteiger partial charge on any atom is -0.365 e. The van der Waals surface area contributed by atoms with Crippen LogP contribution in [0.15, 0.2) is 42.9 Å². The lowest BCUT2D eigenvalue weighted by molar-refractivity contribution is -0.137. The Hall–Kier alpha value is -2.70. The molecule has 2 aromatic heterocycles. The van der Waals surface area contributed by atoms with Gasteiger partial charge in [0.15, 0.2) is 0 Å². The lowest BCUT2D eigenvalue weighted by atomic mass is 10.1. The third kappa shape index (κ3) is 5.19. The molecule has 1 fully saturated rings. The van der Waals surface area contributed by atoms with Crippen molar-refractivity contribution < 1.29 is 25.8 Å². The summed E-state index contributed by atoms with van der Waals surface area (Å²) in [4.78, 5) is 8.66. The van der Waals surface area contributed by atoms with Crippen LogP contribution in [0.2, 0.25) is 0 Å². The number of benzene rings is 1. The van der Waals surface area contributed by atoms with Gasteiger partial charge in [0.2, 0.25) is 0 Å². The Morgan fingerprint density at radius 2 is 1.91 bits per heavy atom. The highest BCUT2D eigenvalue weighted by molar-refractivity contribution is 7.84. The summed E-state index contributed by atoms with van der Waals surface area (Å²) in [7, 11) is -3.95. The van der Waals surface area contributed by atoms with E-state index in [1.807, 2.05) is 16.8 Å². The van der Waals surface area contributed by atoms with Crippen LogP contribution in [0.1, 0.15) is 36.4 Å². The highest BCUT2D eigenvalue weighted by atomic mass is 32.2. The Kier molecular flexibility index (Phi) is 6.10. The van der Waals surface area contributed by atoms with E-state index in [-0.39, 0.29) is 18.6 Å². The summed E-state index contributed by atoms with van der Waals surface area (Å²) in [5.41, 5.74) is 0.734. The fraction of sp³-hybridized carbons (Fsp3) is 0.400. The summed E-state index contributed by atoms with van der Waals surface area (Å²) in [6.07, 6.45) is 1.38. The van der Waals surface area contributed by atoms with E-state index >= 15 is 0 Å². The molecule has 172 valence electrons. The Balaban J connectivity index is 1.44. The van der Waals surface area contributed by atoms with Crippen molar-refractivity contribution in [1.82, 2.24) is 14.5 Å². The number of aromatic nitrogens is 3. The average molecular weight is 469 g/mol. The molecule has 32 heavy (non-hydrogen) atoms. The molecule has 1 saturated carbocycles. The summed E-state index contributed by atoms with van der Waals surface area (Å²) in [6.45, 7) is 0.370. The second-order valence-electron chi connectivity index (χ2n) is 7.84. The number of rotatable bonds is 7. The number of alkyl halides is 3. The molecule has 0 amide bonds. The standard InChI is InChI=1S/C20H22F3N5O3S/c21-20(22,23)15-4-1-13(2-5-15)10-25-18-17-7-8-28(19(17)27-12-26-18)16-6-3-14(9-16)11-31-32(24,29)30/h1-2,4-5,7-8,12,14,16H,3,6,9-11H2,(H2,24,29,30)(H,25,26,27)/t14-,16-/m0/s1. The highest BCUT2D eigenvalue weighted by Crippen LogP contribution is 2.37. The van der Waals surface area contributed by atoms with Gasteiger partial charge in [-0.1, -0.05) is 12.1 Å². The first kappa shape index (κ1) is 22.5. The molecule has 0 aliphatic heterocycles. The zero-order chi connectivity index (χ0) is 22.9. The number of nitrogens with one attached hydrogen (secondary N) is 1. The van der Waals surface area contributed by atoms with Gasteiger partial charge >= 0.3 is 16.5 Å². The van der Waals surface area contributed by atoms with E-state index in [9.17, 15) is 21.6 Å². The molecule has 1 aliphatic rings. The van der Waals surface area contributed by atoms with Gasteiger partial charge in [0.1, 0.15) is 17.8 Å². The van der Waals surface area contributed by atoms with Crippen molar-refractivity contribution in [3.63, 3.8) is 0 Å². The van der Waals surface area contributed by atoms with Gasteiger partial charge in [-0.05, 0) is 48.9 Å². The number of hydrogen-bond acceptors (Lipinski definition) is 6. The Bertz CT molecular complexity index is 1200. The Labute approximate surface area is 182 Å². The largest absolute Gasteiger partial charge is 0.416 e. The molecule has 1 aromatic carbocycles. The average Bonchev–Trinajstić information content (AvgIpc) is 3.37. The number of fused-ring (bicyclic) bond motifs is 1. The molecule has 3 N–H and O–H groups in total. The molecule has 2 atom stereocenters. The van der Waals surface area contributed by atoms with Crippen LogP contribution in [0.25, 0.3) is 11.0 Å². The van der Waals surface area contributed by atoms with Crippen molar-refractivity contribution in [3.8, 4) is 0 Å². The van der Waals surface area contributed by atoms with Gasteiger partial charge in [0.25, 0.3) is 0 Å². The van der Waals surface area contributed by atoms with Crippen LogP contribution >= 0.6 is 0 Å². The molecule has 8 nitrogen and oxygen atoms in total. The van der Waals surface area contributed by atoms with Gasteiger partial charge in [-0.3, -0.25) is 4.18 Å². The number of anilines is 1. The van der Waals surface area contributed by atoms with Crippen LogP contribution < -0.4 is 10.5 Å². The fourth-order valence-electron chi connectivity index (χ4n) is 4.05. The van der Waals surface area contributed by atoms with Crippen LogP contribution in [0, 0.1) is 5.92 Å². The minimum atomic E-state index is -4.36. The summed E-state index contributed by atoms with van der Waals surface area (Å²) in [5.74, 6) is 0.663. The maximum atomic E-state index is 12.7. The first-order valence-corrected chi connectivity index (χ1v) is 11.5. The quantitative estimate of drug-likeness (QED) is 0.547. The molecule has 1 aliphatic carbocycles. The van der Waals surface area contributed by atoms with E-state index < -0.39 is 22.0 Å². The number of hydrogen-bond donors (Lipinski definition) is 2. The smallest absolute Gasteiger partial charge is 0.365 e. The van der Waals surface area contributed by atoms with E-state index in [0.717, 1.165) is 42.4 Å². The molecule has 0 spiro atoms. The predicted octanol–water partition coefficient (Wildman–Crippen LogP) is 3.62. The molecule has 0 saturated heterocycles. The van der Waals surface area contributed by atoms with Crippen LogP contribution in [0.3, 0.4) is 0 Å². The van der Waals surface area contributed by atoms with E-state index in [0.29, 0.717) is 17.9 Å². The first-order chi connectivity index (χ1) is 15.1. The van der Waals surface area contributed by atoms with Crippen molar-refractivity contribution in [1.29, 1.82) is 0 Å². The second-order valence-corrected chi connectivity index (χ2v) is 9.06. The molecular formula is C20H22F3N5O3S. The summed E-state index contributed by atoms with van der Waals surface area (Å²) in [6, 6.07) is 7.00. The SMILES string of the molecule is NS(=O)(=O)OC[C@H]1CC[C@H](n2ccc3c(NCc4ccc(C(F)(F)F)cc4)ncnc32)C1. The highest BCUT2D eigenvalue weighted by Gasteiger charge is 2.30. The maximum absolute atomic E-state index is 12.7. The van der Waals surface area contributed by atoms with Crippen LogP contribution in [0.5, 0.6) is 0 Å². The zero-order valence-electron chi connectivity index (χ0n) is 16.9. The monoisotopic (exact) mass is 469 g/mol. The van der Waals surface area contributed by atoms with E-state index in [1.54, 1.807) is 0 Å². The third-order valence-corrected chi connectivity index (χ3v) is 6.09. The summed E-state index contributed by atoms with van der Waals surface area (Å²) < 4.78 is 67.0. The molecule has 2 heterocycles. The van der Waals surface area contributed by atoms with E-state index in [1.165, 1.54) is 18.5 Å². The van der Waals surface area contributed by atoms with Crippen LogP contribution in [0.4, 0.5) is 19.0 Å². The molecule has 0 bridgehead atoms. The molecule has 3 aromatic rings. The maximum Gasteiger partial charge on any atom is 0.416 e. The zero-order valence-corrected chi connectivity index (χ0v) is 17.7.